The number of likely N-dealkylation sites (tertiary alicyclic amines) is 2. The molecule has 0 spiro atoms. The molecule has 2 atom stereocenters. The zero-order valence-corrected chi connectivity index (χ0v) is 16.9. The third kappa shape index (κ3) is 5.03. The zero-order valence-electron chi connectivity index (χ0n) is 16.9. The lowest BCUT2D eigenvalue weighted by atomic mass is 10.1. The molecule has 2 saturated heterocycles. The molecular formula is C21H30N4O3. The van der Waals surface area contributed by atoms with Gasteiger partial charge in [-0.25, -0.2) is 4.79 Å². The molecule has 2 aliphatic heterocycles. The number of hydrogen-bond acceptors (Lipinski definition) is 3. The number of rotatable bonds is 4. The Morgan fingerprint density at radius 3 is 2.39 bits per heavy atom. The van der Waals surface area contributed by atoms with Gasteiger partial charge in [-0.3, -0.25) is 9.59 Å². The summed E-state index contributed by atoms with van der Waals surface area (Å²) in [6.45, 7) is 7.68. The molecule has 2 aliphatic rings. The maximum atomic E-state index is 12.4. The Balaban J connectivity index is 1.43. The topological polar surface area (TPSA) is 81.8 Å². The van der Waals surface area contributed by atoms with E-state index in [-0.39, 0.29) is 35.5 Å². The van der Waals surface area contributed by atoms with Crippen molar-refractivity contribution in [3.8, 4) is 0 Å². The highest BCUT2D eigenvalue weighted by atomic mass is 16.2. The molecule has 0 aliphatic carbocycles. The van der Waals surface area contributed by atoms with Crippen LogP contribution in [-0.2, 0) is 16.0 Å². The monoisotopic (exact) mass is 386 g/mol. The lowest BCUT2D eigenvalue weighted by Crippen LogP contribution is -2.49. The van der Waals surface area contributed by atoms with Crippen LogP contribution in [0.1, 0.15) is 39.2 Å². The van der Waals surface area contributed by atoms with E-state index in [0.29, 0.717) is 32.5 Å². The van der Waals surface area contributed by atoms with Crippen molar-refractivity contribution >= 4 is 17.8 Å². The minimum absolute atomic E-state index is 0.0597. The fourth-order valence-electron chi connectivity index (χ4n) is 3.85. The standard InChI is InChI=1S/C21H30N4O3/c1-21(2,3)25-14-17(12-19(25)27)23-20(28)22-16-9-10-24(13-16)18(26)11-15-7-5-4-6-8-15/h4-8,16-17H,9-14H2,1-3H3,(H2,22,23,28). The molecule has 2 N–H and O–H groups in total. The number of urea groups is 1. The van der Waals surface area contributed by atoms with Crippen LogP contribution in [0.15, 0.2) is 30.3 Å². The number of benzene rings is 1. The van der Waals surface area contributed by atoms with E-state index in [1.807, 2.05) is 51.1 Å². The first-order chi connectivity index (χ1) is 13.2. The summed E-state index contributed by atoms with van der Waals surface area (Å²) in [6.07, 6.45) is 1.45. The molecule has 2 heterocycles. The summed E-state index contributed by atoms with van der Waals surface area (Å²) >= 11 is 0. The number of carbonyl (C=O) groups excluding carboxylic acids is 3. The second kappa shape index (κ2) is 8.20. The van der Waals surface area contributed by atoms with E-state index in [0.717, 1.165) is 12.0 Å². The fraction of sp³-hybridized carbons (Fsp3) is 0.571. The minimum Gasteiger partial charge on any atom is -0.340 e. The van der Waals surface area contributed by atoms with Gasteiger partial charge in [-0.15, -0.1) is 0 Å². The van der Waals surface area contributed by atoms with Crippen molar-refractivity contribution in [2.45, 2.75) is 57.7 Å². The van der Waals surface area contributed by atoms with Crippen molar-refractivity contribution in [2.24, 2.45) is 0 Å². The number of amides is 4. The van der Waals surface area contributed by atoms with Crippen LogP contribution in [-0.4, -0.2) is 64.9 Å². The number of nitrogens with zero attached hydrogens (tertiary/aromatic N) is 2. The molecule has 28 heavy (non-hydrogen) atoms. The van der Waals surface area contributed by atoms with Crippen molar-refractivity contribution in [2.75, 3.05) is 19.6 Å². The first kappa shape index (κ1) is 20.2. The average molecular weight is 386 g/mol. The Morgan fingerprint density at radius 2 is 1.75 bits per heavy atom. The minimum atomic E-state index is -0.268. The maximum Gasteiger partial charge on any atom is 0.315 e. The molecule has 1 aromatic carbocycles. The van der Waals surface area contributed by atoms with E-state index >= 15 is 0 Å². The van der Waals surface area contributed by atoms with Crippen molar-refractivity contribution in [1.82, 2.24) is 20.4 Å². The SMILES string of the molecule is CC(C)(C)N1CC(NC(=O)NC2CCN(C(=O)Cc3ccccc3)C2)CC1=O. The van der Waals surface area contributed by atoms with Crippen LogP contribution < -0.4 is 10.6 Å². The zero-order chi connectivity index (χ0) is 20.3. The Bertz CT molecular complexity index is 729. The van der Waals surface area contributed by atoms with E-state index in [4.69, 9.17) is 0 Å². The van der Waals surface area contributed by atoms with Crippen LogP contribution in [0.25, 0.3) is 0 Å². The van der Waals surface area contributed by atoms with E-state index < -0.39 is 0 Å². The van der Waals surface area contributed by atoms with Crippen molar-refractivity contribution in [3.63, 3.8) is 0 Å². The molecule has 2 unspecified atom stereocenters. The van der Waals surface area contributed by atoms with Gasteiger partial charge in [0.1, 0.15) is 0 Å². The summed E-state index contributed by atoms with van der Waals surface area (Å²) in [5.41, 5.74) is 0.755. The van der Waals surface area contributed by atoms with Gasteiger partial charge in [0.25, 0.3) is 0 Å². The quantitative estimate of drug-likeness (QED) is 0.823. The normalized spacial score (nSPS) is 22.5. The maximum absolute atomic E-state index is 12.4. The van der Waals surface area contributed by atoms with E-state index in [1.54, 1.807) is 9.80 Å². The molecule has 1 aromatic rings. The molecule has 3 rings (SSSR count). The second-order valence-electron chi connectivity index (χ2n) is 8.68. The Kier molecular flexibility index (Phi) is 5.91. The van der Waals surface area contributed by atoms with Gasteiger partial charge in [-0.1, -0.05) is 30.3 Å². The highest BCUT2D eigenvalue weighted by molar-refractivity contribution is 5.82. The average Bonchev–Trinajstić information content (AvgIpc) is 3.22. The summed E-state index contributed by atoms with van der Waals surface area (Å²) in [7, 11) is 0. The van der Waals surface area contributed by atoms with E-state index in [1.165, 1.54) is 0 Å². The van der Waals surface area contributed by atoms with Crippen LogP contribution in [0.5, 0.6) is 0 Å². The lowest BCUT2D eigenvalue weighted by Gasteiger charge is -2.32. The number of hydrogen-bond donors (Lipinski definition) is 2. The van der Waals surface area contributed by atoms with Crippen molar-refractivity contribution in [1.29, 1.82) is 0 Å². The molecular weight excluding hydrogens is 356 g/mol. The van der Waals surface area contributed by atoms with Gasteiger partial charge in [0, 0.05) is 37.6 Å². The molecule has 7 heteroatoms. The van der Waals surface area contributed by atoms with E-state index in [9.17, 15) is 14.4 Å². The molecule has 4 amide bonds. The van der Waals surface area contributed by atoms with Gasteiger partial charge in [-0.05, 0) is 32.8 Å². The summed E-state index contributed by atoms with van der Waals surface area (Å²) in [5.74, 6) is 0.148. The Labute approximate surface area is 166 Å². The van der Waals surface area contributed by atoms with Gasteiger partial charge in [0.15, 0.2) is 0 Å². The first-order valence-corrected chi connectivity index (χ1v) is 9.91. The van der Waals surface area contributed by atoms with Crippen LogP contribution in [0.4, 0.5) is 4.79 Å². The smallest absolute Gasteiger partial charge is 0.315 e. The Morgan fingerprint density at radius 1 is 1.07 bits per heavy atom. The summed E-state index contributed by atoms with van der Waals surface area (Å²) in [5, 5.41) is 5.86. The molecule has 7 nitrogen and oxygen atoms in total. The third-order valence-corrected chi connectivity index (χ3v) is 5.34. The first-order valence-electron chi connectivity index (χ1n) is 9.91. The predicted octanol–water partition coefficient (Wildman–Crippen LogP) is 1.53. The molecule has 0 saturated carbocycles. The van der Waals surface area contributed by atoms with Crippen LogP contribution >= 0.6 is 0 Å². The number of carbonyl (C=O) groups is 3. The van der Waals surface area contributed by atoms with Crippen LogP contribution in [0, 0.1) is 0 Å². The largest absolute Gasteiger partial charge is 0.340 e. The predicted molar refractivity (Wildman–Crippen MR) is 107 cm³/mol. The van der Waals surface area contributed by atoms with Gasteiger partial charge in [0.05, 0.1) is 12.5 Å². The molecule has 2 fully saturated rings. The van der Waals surface area contributed by atoms with Gasteiger partial charge < -0.3 is 20.4 Å². The van der Waals surface area contributed by atoms with Gasteiger partial charge in [-0.2, -0.15) is 0 Å². The highest BCUT2D eigenvalue weighted by Crippen LogP contribution is 2.22. The Hall–Kier alpha value is -2.57. The second-order valence-corrected chi connectivity index (χ2v) is 8.68. The van der Waals surface area contributed by atoms with E-state index in [2.05, 4.69) is 10.6 Å². The van der Waals surface area contributed by atoms with Gasteiger partial charge >= 0.3 is 6.03 Å². The summed E-state index contributed by atoms with van der Waals surface area (Å²) in [4.78, 5) is 40.5. The van der Waals surface area contributed by atoms with Crippen molar-refractivity contribution < 1.29 is 14.4 Å². The number of nitrogens with one attached hydrogen (secondary N) is 2. The highest BCUT2D eigenvalue weighted by Gasteiger charge is 2.37. The molecule has 0 radical (unpaired) electrons. The van der Waals surface area contributed by atoms with Crippen LogP contribution in [0.3, 0.4) is 0 Å². The summed E-state index contributed by atoms with van der Waals surface area (Å²) < 4.78 is 0. The van der Waals surface area contributed by atoms with Crippen LogP contribution in [0.2, 0.25) is 0 Å². The fourth-order valence-corrected chi connectivity index (χ4v) is 3.85. The molecule has 0 bridgehead atoms. The summed E-state index contributed by atoms with van der Waals surface area (Å²) in [6, 6.07) is 9.17. The lowest BCUT2D eigenvalue weighted by molar-refractivity contribution is -0.131. The van der Waals surface area contributed by atoms with Crippen molar-refractivity contribution in [3.05, 3.63) is 35.9 Å². The molecule has 152 valence electrons. The third-order valence-electron chi connectivity index (χ3n) is 5.34. The molecule has 0 aromatic heterocycles. The van der Waals surface area contributed by atoms with Gasteiger partial charge in [0.2, 0.25) is 11.8 Å².